The molecule has 1 amide bonds. The number of aryl methyl sites for hydroxylation is 2. The van der Waals surface area contributed by atoms with E-state index in [-0.39, 0.29) is 4.90 Å². The zero-order chi connectivity index (χ0) is 21.8. The van der Waals surface area contributed by atoms with Crippen LogP contribution < -0.4 is 5.32 Å². The van der Waals surface area contributed by atoms with Crippen LogP contribution in [0, 0.1) is 6.92 Å². The zero-order valence-corrected chi connectivity index (χ0v) is 18.1. The lowest BCUT2D eigenvalue weighted by Crippen LogP contribution is -2.32. The van der Waals surface area contributed by atoms with E-state index in [9.17, 15) is 18.0 Å². The molecule has 0 aliphatic rings. The number of benzene rings is 1. The minimum absolute atomic E-state index is 0.132. The van der Waals surface area contributed by atoms with Gasteiger partial charge in [0.25, 0.3) is 5.91 Å². The summed E-state index contributed by atoms with van der Waals surface area (Å²) in [6, 6.07) is 7.96. The van der Waals surface area contributed by atoms with Crippen LogP contribution in [0.4, 0.5) is 5.69 Å². The maximum Gasteiger partial charge on any atom is 0.355 e. The minimum atomic E-state index is -3.67. The number of carbonyl (C=O) groups excluding carboxylic acids is 2. The Balaban J connectivity index is 2.16. The largest absolute Gasteiger partial charge is 0.448 e. The average Bonchev–Trinajstić information content (AvgIpc) is 3.09. The van der Waals surface area contributed by atoms with Crippen molar-refractivity contribution in [3.63, 3.8) is 0 Å². The number of rotatable bonds is 8. The van der Waals surface area contributed by atoms with Gasteiger partial charge in [0.15, 0.2) is 6.10 Å². The second-order valence-electron chi connectivity index (χ2n) is 6.61. The second-order valence-corrected chi connectivity index (χ2v) is 8.52. The molecule has 1 N–H and O–H groups in total. The van der Waals surface area contributed by atoms with E-state index in [0.717, 1.165) is 0 Å². The van der Waals surface area contributed by atoms with E-state index in [1.807, 2.05) is 0 Å². The third-order valence-electron chi connectivity index (χ3n) is 4.58. The van der Waals surface area contributed by atoms with Crippen molar-refractivity contribution in [2.45, 2.75) is 38.7 Å². The molecular weight excluding hydrogens is 394 g/mol. The zero-order valence-electron chi connectivity index (χ0n) is 17.3. The quantitative estimate of drug-likeness (QED) is 0.661. The lowest BCUT2D eigenvalue weighted by molar-refractivity contribution is -0.123. The Bertz CT molecular complexity index is 993. The van der Waals surface area contributed by atoms with Gasteiger partial charge >= 0.3 is 5.97 Å². The van der Waals surface area contributed by atoms with E-state index in [4.69, 9.17) is 4.74 Å². The van der Waals surface area contributed by atoms with Crippen molar-refractivity contribution in [1.29, 1.82) is 0 Å². The first kappa shape index (κ1) is 22.6. The van der Waals surface area contributed by atoms with Crippen LogP contribution in [0.5, 0.6) is 0 Å². The van der Waals surface area contributed by atoms with Gasteiger partial charge in [0, 0.05) is 32.0 Å². The maximum atomic E-state index is 12.8. The van der Waals surface area contributed by atoms with Crippen molar-refractivity contribution in [2.24, 2.45) is 7.05 Å². The smallest absolute Gasteiger partial charge is 0.355 e. The number of aromatic nitrogens is 1. The van der Waals surface area contributed by atoms with Crippen LogP contribution in [0.1, 0.15) is 36.8 Å². The van der Waals surface area contributed by atoms with Gasteiger partial charge in [-0.1, -0.05) is 19.9 Å². The SMILES string of the molecule is CCN(CC)S(=O)(=O)c1cc(NC(=O)[C@H](C)OC(=O)c2cccn2C)ccc1C. The van der Waals surface area contributed by atoms with E-state index in [2.05, 4.69) is 5.32 Å². The first-order valence-corrected chi connectivity index (χ1v) is 10.8. The predicted octanol–water partition coefficient (Wildman–Crippen LogP) is 2.55. The van der Waals surface area contributed by atoms with Crippen LogP contribution in [-0.4, -0.2) is 48.4 Å². The van der Waals surface area contributed by atoms with Gasteiger partial charge in [-0.05, 0) is 43.7 Å². The highest BCUT2D eigenvalue weighted by atomic mass is 32.2. The molecule has 8 nitrogen and oxygen atoms in total. The normalized spacial score (nSPS) is 12.6. The van der Waals surface area contributed by atoms with Crippen molar-refractivity contribution in [1.82, 2.24) is 8.87 Å². The van der Waals surface area contributed by atoms with Crippen LogP contribution in [-0.2, 0) is 26.6 Å². The van der Waals surface area contributed by atoms with E-state index >= 15 is 0 Å². The molecule has 0 radical (unpaired) electrons. The Morgan fingerprint density at radius 1 is 1.21 bits per heavy atom. The fourth-order valence-electron chi connectivity index (χ4n) is 2.85. The predicted molar refractivity (Wildman–Crippen MR) is 110 cm³/mol. The fourth-order valence-corrected chi connectivity index (χ4v) is 4.56. The number of nitrogens with one attached hydrogen (secondary N) is 1. The summed E-state index contributed by atoms with van der Waals surface area (Å²) in [5.74, 6) is -1.17. The summed E-state index contributed by atoms with van der Waals surface area (Å²) in [7, 11) is -1.97. The molecule has 9 heteroatoms. The number of ether oxygens (including phenoxy) is 1. The molecule has 158 valence electrons. The molecule has 1 atom stereocenters. The molecular formula is C20H27N3O5S. The third-order valence-corrected chi connectivity index (χ3v) is 6.78. The van der Waals surface area contributed by atoms with Crippen LogP contribution in [0.15, 0.2) is 41.4 Å². The number of amides is 1. The monoisotopic (exact) mass is 421 g/mol. The van der Waals surface area contributed by atoms with E-state index in [1.54, 1.807) is 62.8 Å². The molecule has 1 aromatic carbocycles. The Morgan fingerprint density at radius 2 is 1.86 bits per heavy atom. The number of esters is 1. The molecule has 0 aliphatic carbocycles. The molecule has 1 heterocycles. The van der Waals surface area contributed by atoms with E-state index in [1.165, 1.54) is 17.3 Å². The molecule has 0 unspecified atom stereocenters. The first-order valence-electron chi connectivity index (χ1n) is 9.35. The van der Waals surface area contributed by atoms with Gasteiger partial charge in [0.2, 0.25) is 10.0 Å². The summed E-state index contributed by atoms with van der Waals surface area (Å²) in [5, 5.41) is 2.62. The third kappa shape index (κ3) is 5.04. The highest BCUT2D eigenvalue weighted by Crippen LogP contribution is 2.24. The number of nitrogens with zero attached hydrogens (tertiary/aromatic N) is 2. The topological polar surface area (TPSA) is 97.7 Å². The summed E-state index contributed by atoms with van der Waals surface area (Å²) < 4.78 is 33.8. The van der Waals surface area contributed by atoms with E-state index in [0.29, 0.717) is 30.0 Å². The lowest BCUT2D eigenvalue weighted by Gasteiger charge is -2.20. The minimum Gasteiger partial charge on any atom is -0.448 e. The van der Waals surface area contributed by atoms with Crippen molar-refractivity contribution in [3.05, 3.63) is 47.8 Å². The maximum absolute atomic E-state index is 12.8. The van der Waals surface area contributed by atoms with Gasteiger partial charge in [-0.25, -0.2) is 13.2 Å². The fraction of sp³-hybridized carbons (Fsp3) is 0.400. The number of sulfonamides is 1. The summed E-state index contributed by atoms with van der Waals surface area (Å²) in [6.07, 6.45) is 0.646. The number of anilines is 1. The molecule has 0 spiro atoms. The van der Waals surface area contributed by atoms with Gasteiger partial charge in [-0.3, -0.25) is 4.79 Å². The molecule has 2 aromatic rings. The summed E-state index contributed by atoms with van der Waals surface area (Å²) in [6.45, 7) is 7.39. The Kier molecular flexibility index (Phi) is 7.21. The van der Waals surface area contributed by atoms with Gasteiger partial charge in [0.1, 0.15) is 5.69 Å². The second kappa shape index (κ2) is 9.23. The van der Waals surface area contributed by atoms with Crippen LogP contribution >= 0.6 is 0 Å². The highest BCUT2D eigenvalue weighted by Gasteiger charge is 2.25. The lowest BCUT2D eigenvalue weighted by atomic mass is 10.2. The molecule has 0 aliphatic heterocycles. The molecule has 0 bridgehead atoms. The van der Waals surface area contributed by atoms with E-state index < -0.39 is 28.0 Å². The molecule has 0 saturated heterocycles. The Hall–Kier alpha value is -2.65. The number of carbonyl (C=O) groups is 2. The molecule has 0 fully saturated rings. The van der Waals surface area contributed by atoms with Crippen molar-refractivity contribution < 1.29 is 22.7 Å². The van der Waals surface area contributed by atoms with Gasteiger partial charge in [0.05, 0.1) is 4.90 Å². The molecule has 2 rings (SSSR count). The molecule has 29 heavy (non-hydrogen) atoms. The Labute approximate surface area is 171 Å². The van der Waals surface area contributed by atoms with Gasteiger partial charge < -0.3 is 14.6 Å². The van der Waals surface area contributed by atoms with Crippen LogP contribution in [0.2, 0.25) is 0 Å². The van der Waals surface area contributed by atoms with Gasteiger partial charge in [-0.15, -0.1) is 0 Å². The van der Waals surface area contributed by atoms with Crippen molar-refractivity contribution >= 4 is 27.6 Å². The molecule has 0 saturated carbocycles. The van der Waals surface area contributed by atoms with Crippen molar-refractivity contribution in [3.8, 4) is 0 Å². The number of hydrogen-bond donors (Lipinski definition) is 1. The first-order chi connectivity index (χ1) is 13.6. The van der Waals surface area contributed by atoms with Gasteiger partial charge in [-0.2, -0.15) is 4.31 Å². The van der Waals surface area contributed by atoms with Crippen molar-refractivity contribution in [2.75, 3.05) is 18.4 Å². The summed E-state index contributed by atoms with van der Waals surface area (Å²) in [5.41, 5.74) is 1.22. The highest BCUT2D eigenvalue weighted by molar-refractivity contribution is 7.89. The number of hydrogen-bond acceptors (Lipinski definition) is 5. The standard InChI is InChI=1S/C20H27N3O5S/c1-6-23(7-2)29(26,27)18-13-16(11-10-14(18)3)21-19(24)15(4)28-20(25)17-9-8-12-22(17)5/h8-13,15H,6-7H2,1-5H3,(H,21,24)/t15-/m0/s1. The average molecular weight is 422 g/mol. The van der Waals surface area contributed by atoms with Crippen LogP contribution in [0.3, 0.4) is 0 Å². The van der Waals surface area contributed by atoms with Crippen LogP contribution in [0.25, 0.3) is 0 Å². The Morgan fingerprint density at radius 3 is 2.41 bits per heavy atom. The summed E-state index contributed by atoms with van der Waals surface area (Å²) >= 11 is 0. The summed E-state index contributed by atoms with van der Waals surface area (Å²) in [4.78, 5) is 24.7. The molecule has 1 aromatic heterocycles.